The number of methoxy groups -OCH3 is 1. The smallest absolute Gasteiger partial charge is 0.422 e. The predicted molar refractivity (Wildman–Crippen MR) is 92.6 cm³/mol. The number of alkyl halides is 3. The van der Waals surface area contributed by atoms with E-state index in [9.17, 15) is 22.8 Å². The molecule has 148 valence electrons. The van der Waals surface area contributed by atoms with E-state index >= 15 is 0 Å². The van der Waals surface area contributed by atoms with Gasteiger partial charge in [0.05, 0.1) is 12.7 Å². The first kappa shape index (κ1) is 20.8. The van der Waals surface area contributed by atoms with E-state index in [2.05, 4.69) is 4.74 Å². The van der Waals surface area contributed by atoms with Crippen molar-refractivity contribution in [2.75, 3.05) is 13.7 Å². The lowest BCUT2D eigenvalue weighted by Crippen LogP contribution is -2.19. The number of carboxylic acid groups (broad SMARTS) is 1. The number of carbonyl (C=O) groups excluding carboxylic acids is 1. The lowest BCUT2D eigenvalue weighted by atomic mass is 10.2. The van der Waals surface area contributed by atoms with Crippen LogP contribution in [-0.2, 0) is 4.79 Å². The molecule has 0 heterocycles. The standard InChI is InChI=1S/C19H15F3O6/c1-26-16-10-13(5-8-15(16)27-11-19(20,21)22)18(25)28-14-6-2-12(3-7-14)4-9-17(23)24/h2-10H,11H2,1H3,(H,23,24)/b9-4+. The van der Waals surface area contributed by atoms with Crippen LogP contribution in [-0.4, -0.2) is 36.9 Å². The van der Waals surface area contributed by atoms with Gasteiger partial charge in [-0.05, 0) is 42.0 Å². The zero-order valence-corrected chi connectivity index (χ0v) is 14.5. The molecule has 0 aliphatic rings. The zero-order chi connectivity index (χ0) is 20.7. The Bertz CT molecular complexity index is 872. The van der Waals surface area contributed by atoms with E-state index in [1.807, 2.05) is 0 Å². The van der Waals surface area contributed by atoms with Crippen molar-refractivity contribution in [2.24, 2.45) is 0 Å². The van der Waals surface area contributed by atoms with E-state index in [1.54, 1.807) is 12.1 Å². The highest BCUT2D eigenvalue weighted by Gasteiger charge is 2.29. The van der Waals surface area contributed by atoms with E-state index in [1.165, 1.54) is 43.5 Å². The van der Waals surface area contributed by atoms with Crippen LogP contribution in [0.25, 0.3) is 6.08 Å². The van der Waals surface area contributed by atoms with Gasteiger partial charge in [-0.1, -0.05) is 12.1 Å². The second kappa shape index (κ2) is 8.94. The third-order valence-electron chi connectivity index (χ3n) is 3.30. The van der Waals surface area contributed by atoms with Crippen LogP contribution in [0.3, 0.4) is 0 Å². The molecule has 0 aromatic heterocycles. The zero-order valence-electron chi connectivity index (χ0n) is 14.5. The molecular weight excluding hydrogens is 381 g/mol. The molecule has 0 aliphatic carbocycles. The van der Waals surface area contributed by atoms with Crippen molar-refractivity contribution in [1.82, 2.24) is 0 Å². The van der Waals surface area contributed by atoms with Crippen LogP contribution in [0.5, 0.6) is 17.2 Å². The molecule has 2 aromatic carbocycles. The van der Waals surface area contributed by atoms with Crippen LogP contribution in [0.2, 0.25) is 0 Å². The molecule has 0 radical (unpaired) electrons. The Labute approximate surface area is 157 Å². The topological polar surface area (TPSA) is 82.1 Å². The average molecular weight is 396 g/mol. The molecule has 1 N–H and O–H groups in total. The Morgan fingerprint density at radius 1 is 1.07 bits per heavy atom. The molecule has 2 rings (SSSR count). The minimum absolute atomic E-state index is 0.0473. The fraction of sp³-hybridized carbons (Fsp3) is 0.158. The highest BCUT2D eigenvalue weighted by atomic mass is 19.4. The van der Waals surface area contributed by atoms with Gasteiger partial charge in [-0.3, -0.25) is 0 Å². The van der Waals surface area contributed by atoms with Gasteiger partial charge >= 0.3 is 18.1 Å². The third kappa shape index (κ3) is 6.35. The number of rotatable bonds is 7. The minimum atomic E-state index is -4.51. The molecule has 0 saturated heterocycles. The van der Waals surface area contributed by atoms with Crippen molar-refractivity contribution >= 4 is 18.0 Å². The summed E-state index contributed by atoms with van der Waals surface area (Å²) in [7, 11) is 1.23. The summed E-state index contributed by atoms with van der Waals surface area (Å²) in [5.74, 6) is -1.85. The summed E-state index contributed by atoms with van der Waals surface area (Å²) >= 11 is 0. The number of ether oxygens (including phenoxy) is 3. The van der Waals surface area contributed by atoms with Crippen LogP contribution in [0.4, 0.5) is 13.2 Å². The van der Waals surface area contributed by atoms with E-state index in [-0.39, 0.29) is 22.8 Å². The van der Waals surface area contributed by atoms with Gasteiger partial charge in [-0.2, -0.15) is 13.2 Å². The summed E-state index contributed by atoms with van der Waals surface area (Å²) in [6.07, 6.45) is -2.16. The van der Waals surface area contributed by atoms with E-state index < -0.39 is 24.7 Å². The maximum atomic E-state index is 12.3. The predicted octanol–water partition coefficient (Wildman–Crippen LogP) is 3.95. The highest BCUT2D eigenvalue weighted by molar-refractivity contribution is 5.92. The fourth-order valence-electron chi connectivity index (χ4n) is 2.05. The maximum Gasteiger partial charge on any atom is 0.422 e. The number of carbonyl (C=O) groups is 2. The lowest BCUT2D eigenvalue weighted by molar-refractivity contribution is -0.153. The largest absolute Gasteiger partial charge is 0.493 e. The van der Waals surface area contributed by atoms with E-state index in [4.69, 9.17) is 14.6 Å². The van der Waals surface area contributed by atoms with Gasteiger partial charge in [0.1, 0.15) is 5.75 Å². The van der Waals surface area contributed by atoms with Gasteiger partial charge in [-0.15, -0.1) is 0 Å². The summed E-state index contributed by atoms with van der Waals surface area (Å²) in [5, 5.41) is 8.58. The molecule has 0 saturated carbocycles. The van der Waals surface area contributed by atoms with Crippen LogP contribution in [0.1, 0.15) is 15.9 Å². The van der Waals surface area contributed by atoms with Gasteiger partial charge in [0.15, 0.2) is 18.1 Å². The van der Waals surface area contributed by atoms with Crippen molar-refractivity contribution in [1.29, 1.82) is 0 Å². The Hall–Kier alpha value is -3.49. The number of aliphatic carboxylic acids is 1. The second-order valence-corrected chi connectivity index (χ2v) is 5.40. The molecular formula is C19H15F3O6. The van der Waals surface area contributed by atoms with Crippen molar-refractivity contribution < 1.29 is 42.1 Å². The first-order valence-corrected chi connectivity index (χ1v) is 7.79. The summed E-state index contributed by atoms with van der Waals surface area (Å²) in [6.45, 7) is -1.49. The van der Waals surface area contributed by atoms with Crippen LogP contribution in [0.15, 0.2) is 48.5 Å². The summed E-state index contributed by atoms with van der Waals surface area (Å²) in [6, 6.07) is 9.68. The average Bonchev–Trinajstić information content (AvgIpc) is 2.65. The third-order valence-corrected chi connectivity index (χ3v) is 3.30. The first-order chi connectivity index (χ1) is 13.2. The Morgan fingerprint density at radius 2 is 1.75 bits per heavy atom. The van der Waals surface area contributed by atoms with Gasteiger partial charge < -0.3 is 19.3 Å². The van der Waals surface area contributed by atoms with E-state index in [0.717, 1.165) is 6.08 Å². The quantitative estimate of drug-likeness (QED) is 0.434. The number of benzene rings is 2. The normalized spacial score (nSPS) is 11.3. The molecule has 0 aliphatic heterocycles. The SMILES string of the molecule is COc1cc(C(=O)Oc2ccc(/C=C/C(=O)O)cc2)ccc1OCC(F)(F)F. The van der Waals surface area contributed by atoms with Crippen molar-refractivity contribution in [3.05, 3.63) is 59.7 Å². The minimum Gasteiger partial charge on any atom is -0.493 e. The van der Waals surface area contributed by atoms with Gasteiger partial charge in [-0.25, -0.2) is 9.59 Å². The highest BCUT2D eigenvalue weighted by Crippen LogP contribution is 2.30. The van der Waals surface area contributed by atoms with E-state index in [0.29, 0.717) is 5.56 Å². The number of halogens is 3. The van der Waals surface area contributed by atoms with Crippen molar-refractivity contribution in [3.8, 4) is 17.2 Å². The Balaban J connectivity index is 2.08. The van der Waals surface area contributed by atoms with Crippen molar-refractivity contribution in [3.63, 3.8) is 0 Å². The Kier molecular flexibility index (Phi) is 6.64. The number of carboxylic acids is 1. The summed E-state index contributed by atoms with van der Waals surface area (Å²) in [5.41, 5.74) is 0.640. The molecule has 0 fully saturated rings. The molecule has 0 spiro atoms. The monoisotopic (exact) mass is 396 g/mol. The molecule has 28 heavy (non-hydrogen) atoms. The van der Waals surface area contributed by atoms with Crippen LogP contribution in [0, 0.1) is 0 Å². The molecule has 0 amide bonds. The lowest BCUT2D eigenvalue weighted by Gasteiger charge is -2.13. The van der Waals surface area contributed by atoms with Crippen LogP contribution < -0.4 is 14.2 Å². The molecule has 0 bridgehead atoms. The maximum absolute atomic E-state index is 12.3. The van der Waals surface area contributed by atoms with Gasteiger partial charge in [0.2, 0.25) is 0 Å². The van der Waals surface area contributed by atoms with Gasteiger partial charge in [0.25, 0.3) is 0 Å². The molecule has 9 heteroatoms. The first-order valence-electron chi connectivity index (χ1n) is 7.79. The molecule has 6 nitrogen and oxygen atoms in total. The Morgan fingerprint density at radius 3 is 2.32 bits per heavy atom. The van der Waals surface area contributed by atoms with Crippen LogP contribution >= 0.6 is 0 Å². The van der Waals surface area contributed by atoms with Gasteiger partial charge in [0, 0.05) is 6.08 Å². The molecule has 2 aromatic rings. The number of esters is 1. The second-order valence-electron chi connectivity index (χ2n) is 5.40. The number of hydrogen-bond donors (Lipinski definition) is 1. The number of hydrogen-bond acceptors (Lipinski definition) is 5. The fourth-order valence-corrected chi connectivity index (χ4v) is 2.05. The molecule has 0 atom stereocenters. The molecule has 0 unspecified atom stereocenters. The summed E-state index contributed by atoms with van der Waals surface area (Å²) < 4.78 is 51.6. The summed E-state index contributed by atoms with van der Waals surface area (Å²) in [4.78, 5) is 22.7. The van der Waals surface area contributed by atoms with Crippen molar-refractivity contribution in [2.45, 2.75) is 6.18 Å².